The molecule has 1 aromatic heterocycles. The second kappa shape index (κ2) is 10.3. The van der Waals surface area contributed by atoms with E-state index in [-0.39, 0.29) is 24.1 Å². The van der Waals surface area contributed by atoms with E-state index < -0.39 is 9.84 Å². The number of pyridine rings is 1. The van der Waals surface area contributed by atoms with Crippen LogP contribution in [-0.4, -0.2) is 32.0 Å². The largest absolute Gasteiger partial charge is 0.303 e. The molecule has 1 unspecified atom stereocenters. The molecule has 34 heavy (non-hydrogen) atoms. The highest BCUT2D eigenvalue weighted by atomic mass is 32.2. The van der Waals surface area contributed by atoms with E-state index in [0.29, 0.717) is 27.7 Å². The summed E-state index contributed by atoms with van der Waals surface area (Å²) in [6.45, 7) is 2.16. The lowest BCUT2D eigenvalue weighted by Gasteiger charge is -2.19. The lowest BCUT2D eigenvalue weighted by Crippen LogP contribution is -2.28. The number of nitrogens with one attached hydrogen (secondary N) is 1. The van der Waals surface area contributed by atoms with Gasteiger partial charge in [-0.15, -0.1) is 0 Å². The maximum atomic E-state index is 13.7. The fourth-order valence-corrected chi connectivity index (χ4v) is 5.10. The molecule has 1 N–H and O–H groups in total. The summed E-state index contributed by atoms with van der Waals surface area (Å²) in [5, 5.41) is 4.05. The van der Waals surface area contributed by atoms with Gasteiger partial charge in [0.2, 0.25) is 0 Å². The van der Waals surface area contributed by atoms with Crippen molar-refractivity contribution in [2.24, 2.45) is 0 Å². The number of nitrogens with zero attached hydrogens (tertiary/aromatic N) is 1. The van der Waals surface area contributed by atoms with Crippen molar-refractivity contribution in [1.29, 1.82) is 0 Å². The van der Waals surface area contributed by atoms with Crippen LogP contribution in [0.3, 0.4) is 0 Å². The fraction of sp³-hybridized carbons (Fsp3) is 0.214. The van der Waals surface area contributed by atoms with Crippen LogP contribution in [0.1, 0.15) is 40.9 Å². The predicted molar refractivity (Wildman–Crippen MR) is 138 cm³/mol. The maximum absolute atomic E-state index is 13.7. The molecule has 0 bridgehead atoms. The normalized spacial score (nSPS) is 12.5. The van der Waals surface area contributed by atoms with E-state index in [2.05, 4.69) is 12.2 Å². The second-order valence-corrected chi connectivity index (χ2v) is 10.6. The van der Waals surface area contributed by atoms with Crippen LogP contribution >= 0.6 is 0 Å². The summed E-state index contributed by atoms with van der Waals surface area (Å²) in [6.07, 6.45) is 2.01. The average molecular weight is 473 g/mol. The third-order valence-corrected chi connectivity index (χ3v) is 6.66. The maximum Gasteiger partial charge on any atom is 0.177 e. The zero-order valence-corrected chi connectivity index (χ0v) is 20.2. The van der Waals surface area contributed by atoms with Crippen molar-refractivity contribution < 1.29 is 13.2 Å². The highest BCUT2D eigenvalue weighted by Gasteiger charge is 2.24. The van der Waals surface area contributed by atoms with Crippen molar-refractivity contribution in [3.63, 3.8) is 0 Å². The van der Waals surface area contributed by atoms with Gasteiger partial charge in [-0.25, -0.2) is 13.4 Å². The fourth-order valence-electron chi connectivity index (χ4n) is 4.29. The zero-order valence-electron chi connectivity index (χ0n) is 19.4. The number of carbonyl (C=O) groups is 1. The number of rotatable bonds is 9. The number of sulfone groups is 1. The van der Waals surface area contributed by atoms with Crippen molar-refractivity contribution in [3.8, 4) is 11.3 Å². The Morgan fingerprint density at radius 3 is 2.18 bits per heavy atom. The molecule has 4 rings (SSSR count). The van der Waals surface area contributed by atoms with Crippen LogP contribution in [0.25, 0.3) is 22.2 Å². The summed E-state index contributed by atoms with van der Waals surface area (Å²) in [4.78, 5) is 18.5. The molecule has 0 aliphatic rings. The van der Waals surface area contributed by atoms with Crippen molar-refractivity contribution in [2.75, 3.05) is 12.8 Å². The SMILES string of the molecule is CCC(NCC(=O)c1c(CS(C)(=O)=O)c(-c2ccccc2)nc2ccccc12)c1ccccc1. The number of hydrogen-bond acceptors (Lipinski definition) is 5. The summed E-state index contributed by atoms with van der Waals surface area (Å²) in [5.74, 6) is -0.407. The van der Waals surface area contributed by atoms with Crippen molar-refractivity contribution in [1.82, 2.24) is 10.3 Å². The van der Waals surface area contributed by atoms with E-state index >= 15 is 0 Å². The van der Waals surface area contributed by atoms with Crippen LogP contribution in [0.4, 0.5) is 0 Å². The topological polar surface area (TPSA) is 76.1 Å². The Hall–Kier alpha value is -3.35. The van der Waals surface area contributed by atoms with Crippen molar-refractivity contribution in [3.05, 3.63) is 102 Å². The zero-order chi connectivity index (χ0) is 24.1. The van der Waals surface area contributed by atoms with Gasteiger partial charge in [0, 0.05) is 34.4 Å². The molecule has 1 heterocycles. The lowest BCUT2D eigenvalue weighted by molar-refractivity contribution is 0.0988. The first-order valence-electron chi connectivity index (χ1n) is 11.3. The van der Waals surface area contributed by atoms with E-state index in [0.717, 1.165) is 17.5 Å². The first-order valence-corrected chi connectivity index (χ1v) is 13.4. The molecule has 0 saturated carbocycles. The van der Waals surface area contributed by atoms with Gasteiger partial charge in [0.25, 0.3) is 0 Å². The van der Waals surface area contributed by atoms with Gasteiger partial charge in [-0.3, -0.25) is 4.79 Å². The molecule has 6 heteroatoms. The summed E-state index contributed by atoms with van der Waals surface area (Å²) < 4.78 is 24.9. The van der Waals surface area contributed by atoms with E-state index in [1.54, 1.807) is 0 Å². The Kier molecular flexibility index (Phi) is 7.20. The number of para-hydroxylation sites is 1. The minimum absolute atomic E-state index is 0.0187. The standard InChI is InChI=1S/C28H28N2O3S/c1-3-24(20-12-6-4-7-13-20)29-18-26(31)27-22-16-10-11-17-25(22)30-28(21-14-8-5-9-15-21)23(27)19-34(2,32)33/h4-17,24,29H,3,18-19H2,1-2H3. The van der Waals surface area contributed by atoms with Crippen molar-refractivity contribution >= 4 is 26.5 Å². The van der Waals surface area contributed by atoms with E-state index in [9.17, 15) is 13.2 Å². The molecule has 0 amide bonds. The molecule has 0 saturated heterocycles. The lowest BCUT2D eigenvalue weighted by atomic mass is 9.94. The van der Waals surface area contributed by atoms with Crippen LogP contribution in [0.15, 0.2) is 84.9 Å². The molecule has 3 aromatic carbocycles. The second-order valence-electron chi connectivity index (χ2n) is 8.44. The summed E-state index contributed by atoms with van der Waals surface area (Å²) >= 11 is 0. The van der Waals surface area contributed by atoms with Crippen LogP contribution in [0.2, 0.25) is 0 Å². The van der Waals surface area contributed by atoms with Gasteiger partial charge in [-0.1, -0.05) is 85.8 Å². The Morgan fingerprint density at radius 2 is 1.53 bits per heavy atom. The first-order chi connectivity index (χ1) is 16.4. The molecule has 0 aliphatic carbocycles. The molecule has 4 aromatic rings. The number of aromatic nitrogens is 1. The minimum atomic E-state index is -3.42. The smallest absolute Gasteiger partial charge is 0.177 e. The third-order valence-electron chi connectivity index (χ3n) is 5.85. The van der Waals surface area contributed by atoms with Gasteiger partial charge < -0.3 is 5.32 Å². The molecule has 0 radical (unpaired) electrons. The number of ketones is 1. The Morgan fingerprint density at radius 1 is 0.912 bits per heavy atom. The third kappa shape index (κ3) is 5.41. The summed E-state index contributed by atoms with van der Waals surface area (Å²) in [5.41, 5.74) is 3.96. The Bertz CT molecular complexity index is 1400. The highest BCUT2D eigenvalue weighted by Crippen LogP contribution is 2.32. The van der Waals surface area contributed by atoms with Crippen LogP contribution in [-0.2, 0) is 15.6 Å². The minimum Gasteiger partial charge on any atom is -0.303 e. The number of carbonyl (C=O) groups excluding carboxylic acids is 1. The van der Waals surface area contributed by atoms with Gasteiger partial charge >= 0.3 is 0 Å². The Labute approximate surface area is 200 Å². The first kappa shape index (κ1) is 23.8. The molecule has 0 spiro atoms. The quantitative estimate of drug-likeness (QED) is 0.332. The van der Waals surface area contributed by atoms with E-state index in [1.165, 1.54) is 6.26 Å². The predicted octanol–water partition coefficient (Wildman–Crippen LogP) is 5.37. The number of benzene rings is 3. The highest BCUT2D eigenvalue weighted by molar-refractivity contribution is 7.89. The Balaban J connectivity index is 1.82. The van der Waals surface area contributed by atoms with Crippen LogP contribution < -0.4 is 5.32 Å². The number of hydrogen-bond donors (Lipinski definition) is 1. The van der Waals surface area contributed by atoms with Gasteiger partial charge in [0.1, 0.15) is 0 Å². The molecule has 174 valence electrons. The monoisotopic (exact) mass is 472 g/mol. The van der Waals surface area contributed by atoms with Crippen LogP contribution in [0.5, 0.6) is 0 Å². The van der Waals surface area contributed by atoms with E-state index in [4.69, 9.17) is 4.98 Å². The van der Waals surface area contributed by atoms with Gasteiger partial charge in [0.15, 0.2) is 15.6 Å². The number of Topliss-reactive ketones (excluding diaryl/α,β-unsaturated/α-hetero) is 1. The van der Waals surface area contributed by atoms with Gasteiger partial charge in [-0.05, 0) is 18.1 Å². The molecule has 0 fully saturated rings. The van der Waals surface area contributed by atoms with E-state index in [1.807, 2.05) is 84.9 Å². The van der Waals surface area contributed by atoms with Gasteiger partial charge in [0.05, 0.1) is 23.5 Å². The molecule has 0 aliphatic heterocycles. The van der Waals surface area contributed by atoms with Gasteiger partial charge in [-0.2, -0.15) is 0 Å². The summed E-state index contributed by atoms with van der Waals surface area (Å²) in [7, 11) is -3.42. The molecule has 1 atom stereocenters. The van der Waals surface area contributed by atoms with Crippen molar-refractivity contribution in [2.45, 2.75) is 25.1 Å². The molecule has 5 nitrogen and oxygen atoms in total. The summed E-state index contributed by atoms with van der Waals surface area (Å²) in [6, 6.07) is 26.9. The van der Waals surface area contributed by atoms with Crippen LogP contribution in [0, 0.1) is 0 Å². The number of fused-ring (bicyclic) bond motifs is 1. The molecular formula is C28H28N2O3S. The average Bonchev–Trinajstić information content (AvgIpc) is 2.84. The molecular weight excluding hydrogens is 444 g/mol.